The number of phenols is 1. The van der Waals surface area contributed by atoms with Crippen LogP contribution in [0, 0.1) is 0 Å². The lowest BCUT2D eigenvalue weighted by Crippen LogP contribution is -2.12. The minimum atomic E-state index is -1.04. The molecule has 0 fully saturated rings. The van der Waals surface area contributed by atoms with Crippen LogP contribution in [0.15, 0.2) is 48.5 Å². The predicted octanol–water partition coefficient (Wildman–Crippen LogP) is 2.66. The van der Waals surface area contributed by atoms with Crippen LogP contribution < -0.4 is 5.32 Å². The molecular weight excluding hydrogens is 270 g/mol. The summed E-state index contributed by atoms with van der Waals surface area (Å²) in [5.41, 5.74) is 1.26. The monoisotopic (exact) mass is 285 g/mol. The molecule has 0 aliphatic heterocycles. The maximum absolute atomic E-state index is 11.8. The normalized spacial score (nSPS) is 10.1. The Morgan fingerprint density at radius 2 is 1.81 bits per heavy atom. The second kappa shape index (κ2) is 6.56. The van der Waals surface area contributed by atoms with E-state index in [1.54, 1.807) is 36.4 Å². The molecule has 1 amide bonds. The summed E-state index contributed by atoms with van der Waals surface area (Å²) in [5.74, 6) is -1.11. The van der Waals surface area contributed by atoms with Crippen molar-refractivity contribution in [2.75, 3.05) is 5.32 Å². The van der Waals surface area contributed by atoms with Crippen LogP contribution in [0.25, 0.3) is 0 Å². The predicted molar refractivity (Wildman–Crippen MR) is 78.5 cm³/mol. The standard InChI is InChI=1S/C16H15NO4/c18-14-7-2-1-4-11(14)8-9-15(19)17-13-6-3-5-12(10-13)16(20)21/h1-7,10,18H,8-9H2,(H,17,19)(H,20,21). The number of hydrogen-bond donors (Lipinski definition) is 3. The van der Waals surface area contributed by atoms with Crippen LogP contribution in [0.4, 0.5) is 5.69 Å². The number of para-hydroxylation sites is 1. The molecule has 0 aromatic heterocycles. The zero-order valence-corrected chi connectivity index (χ0v) is 11.2. The van der Waals surface area contributed by atoms with Crippen molar-refractivity contribution < 1.29 is 19.8 Å². The molecule has 3 N–H and O–H groups in total. The van der Waals surface area contributed by atoms with Crippen molar-refractivity contribution in [2.24, 2.45) is 0 Å². The van der Waals surface area contributed by atoms with Gasteiger partial charge in [-0.15, -0.1) is 0 Å². The van der Waals surface area contributed by atoms with E-state index in [-0.39, 0.29) is 23.6 Å². The Morgan fingerprint density at radius 1 is 1.05 bits per heavy atom. The van der Waals surface area contributed by atoms with Crippen LogP contribution in [0.1, 0.15) is 22.3 Å². The number of benzene rings is 2. The molecule has 5 heteroatoms. The van der Waals surface area contributed by atoms with Crippen LogP contribution in [0.2, 0.25) is 0 Å². The molecule has 2 aromatic carbocycles. The third kappa shape index (κ3) is 4.07. The van der Waals surface area contributed by atoms with E-state index in [0.717, 1.165) is 0 Å². The average Bonchev–Trinajstić information content (AvgIpc) is 2.46. The number of carboxylic acids is 1. The number of carboxylic acid groups (broad SMARTS) is 1. The lowest BCUT2D eigenvalue weighted by Gasteiger charge is -2.07. The van der Waals surface area contributed by atoms with E-state index in [1.807, 2.05) is 0 Å². The summed E-state index contributed by atoms with van der Waals surface area (Å²) in [6.45, 7) is 0. The third-order valence-corrected chi connectivity index (χ3v) is 3.01. The second-order valence-electron chi connectivity index (χ2n) is 4.56. The number of aromatic hydroxyl groups is 1. The Kier molecular flexibility index (Phi) is 4.56. The summed E-state index contributed by atoms with van der Waals surface area (Å²) in [4.78, 5) is 22.7. The van der Waals surface area contributed by atoms with Crippen molar-refractivity contribution >= 4 is 17.6 Å². The summed E-state index contributed by atoms with van der Waals surface area (Å²) >= 11 is 0. The zero-order valence-electron chi connectivity index (χ0n) is 11.2. The Hall–Kier alpha value is -2.82. The van der Waals surface area contributed by atoms with Gasteiger partial charge in [0.1, 0.15) is 5.75 Å². The summed E-state index contributed by atoms with van der Waals surface area (Å²) in [7, 11) is 0. The molecule has 0 atom stereocenters. The number of anilines is 1. The van der Waals surface area contributed by atoms with Gasteiger partial charge in [0.15, 0.2) is 0 Å². The summed E-state index contributed by atoms with van der Waals surface area (Å²) < 4.78 is 0. The number of carbonyl (C=O) groups is 2. The van der Waals surface area contributed by atoms with Crippen molar-refractivity contribution in [1.82, 2.24) is 0 Å². The molecule has 0 bridgehead atoms. The SMILES string of the molecule is O=C(CCc1ccccc1O)Nc1cccc(C(=O)O)c1. The van der Waals surface area contributed by atoms with Crippen LogP contribution in [0.3, 0.4) is 0 Å². The molecule has 0 aliphatic rings. The van der Waals surface area contributed by atoms with Crippen molar-refractivity contribution in [3.63, 3.8) is 0 Å². The van der Waals surface area contributed by atoms with E-state index in [4.69, 9.17) is 5.11 Å². The molecule has 0 unspecified atom stereocenters. The van der Waals surface area contributed by atoms with E-state index in [2.05, 4.69) is 5.32 Å². The van der Waals surface area contributed by atoms with E-state index in [9.17, 15) is 14.7 Å². The zero-order chi connectivity index (χ0) is 15.2. The first-order chi connectivity index (χ1) is 10.1. The summed E-state index contributed by atoms with van der Waals surface area (Å²) in [6.07, 6.45) is 0.617. The van der Waals surface area contributed by atoms with E-state index in [1.165, 1.54) is 12.1 Å². The number of rotatable bonds is 5. The van der Waals surface area contributed by atoms with Crippen molar-refractivity contribution in [3.8, 4) is 5.75 Å². The van der Waals surface area contributed by atoms with E-state index in [0.29, 0.717) is 17.7 Å². The first-order valence-electron chi connectivity index (χ1n) is 6.46. The third-order valence-electron chi connectivity index (χ3n) is 3.01. The molecule has 0 saturated carbocycles. The van der Waals surface area contributed by atoms with Gasteiger partial charge in [0, 0.05) is 12.1 Å². The molecule has 21 heavy (non-hydrogen) atoms. The van der Waals surface area contributed by atoms with E-state index < -0.39 is 5.97 Å². The molecule has 5 nitrogen and oxygen atoms in total. The van der Waals surface area contributed by atoms with Gasteiger partial charge < -0.3 is 15.5 Å². The second-order valence-corrected chi connectivity index (χ2v) is 4.56. The van der Waals surface area contributed by atoms with Gasteiger partial charge in [0.2, 0.25) is 5.91 Å². The molecule has 0 spiro atoms. The maximum atomic E-state index is 11.8. The number of carbonyl (C=O) groups excluding carboxylic acids is 1. The van der Waals surface area contributed by atoms with Crippen molar-refractivity contribution in [2.45, 2.75) is 12.8 Å². The average molecular weight is 285 g/mol. The Morgan fingerprint density at radius 3 is 2.52 bits per heavy atom. The fraction of sp³-hybridized carbons (Fsp3) is 0.125. The Balaban J connectivity index is 1.95. The molecule has 0 radical (unpaired) electrons. The first-order valence-corrected chi connectivity index (χ1v) is 6.46. The van der Waals surface area contributed by atoms with Gasteiger partial charge in [0.25, 0.3) is 0 Å². The van der Waals surface area contributed by atoms with Gasteiger partial charge in [-0.25, -0.2) is 4.79 Å². The molecule has 0 aliphatic carbocycles. The van der Waals surface area contributed by atoms with Gasteiger partial charge in [-0.3, -0.25) is 4.79 Å². The number of nitrogens with one attached hydrogen (secondary N) is 1. The van der Waals surface area contributed by atoms with Crippen LogP contribution in [-0.4, -0.2) is 22.1 Å². The quantitative estimate of drug-likeness (QED) is 0.788. The molecule has 0 saturated heterocycles. The molecule has 2 rings (SSSR count). The van der Waals surface area contributed by atoms with Crippen LogP contribution >= 0.6 is 0 Å². The van der Waals surface area contributed by atoms with E-state index >= 15 is 0 Å². The molecule has 108 valence electrons. The topological polar surface area (TPSA) is 86.6 Å². The Labute approximate surface area is 121 Å². The maximum Gasteiger partial charge on any atom is 0.335 e. The van der Waals surface area contributed by atoms with Gasteiger partial charge in [0.05, 0.1) is 5.56 Å². The highest BCUT2D eigenvalue weighted by Gasteiger charge is 2.08. The first kappa shape index (κ1) is 14.6. The van der Waals surface area contributed by atoms with Crippen molar-refractivity contribution in [3.05, 3.63) is 59.7 Å². The summed E-state index contributed by atoms with van der Waals surface area (Å²) in [6, 6.07) is 12.9. The number of hydrogen-bond acceptors (Lipinski definition) is 3. The highest BCUT2D eigenvalue weighted by molar-refractivity contribution is 5.93. The minimum absolute atomic E-state index is 0.119. The van der Waals surface area contributed by atoms with Crippen molar-refractivity contribution in [1.29, 1.82) is 0 Å². The lowest BCUT2D eigenvalue weighted by molar-refractivity contribution is -0.116. The lowest BCUT2D eigenvalue weighted by atomic mass is 10.1. The fourth-order valence-corrected chi connectivity index (χ4v) is 1.92. The Bertz CT molecular complexity index is 667. The minimum Gasteiger partial charge on any atom is -0.508 e. The number of aromatic carboxylic acids is 1. The number of aryl methyl sites for hydroxylation is 1. The van der Waals surface area contributed by atoms with Gasteiger partial charge in [-0.05, 0) is 36.2 Å². The largest absolute Gasteiger partial charge is 0.508 e. The molecule has 0 heterocycles. The van der Waals surface area contributed by atoms with Crippen LogP contribution in [-0.2, 0) is 11.2 Å². The molecule has 2 aromatic rings. The fourth-order valence-electron chi connectivity index (χ4n) is 1.92. The van der Waals surface area contributed by atoms with Gasteiger partial charge in [-0.2, -0.15) is 0 Å². The summed E-state index contributed by atoms with van der Waals surface area (Å²) in [5, 5.41) is 21.1. The van der Waals surface area contributed by atoms with Gasteiger partial charge >= 0.3 is 5.97 Å². The smallest absolute Gasteiger partial charge is 0.335 e. The number of phenolic OH excluding ortho intramolecular Hbond substituents is 1. The van der Waals surface area contributed by atoms with Gasteiger partial charge in [-0.1, -0.05) is 24.3 Å². The highest BCUT2D eigenvalue weighted by atomic mass is 16.4. The van der Waals surface area contributed by atoms with Crippen LogP contribution in [0.5, 0.6) is 5.75 Å². The molecular formula is C16H15NO4. The highest BCUT2D eigenvalue weighted by Crippen LogP contribution is 2.18. The number of amides is 1.